The van der Waals surface area contributed by atoms with Gasteiger partial charge < -0.3 is 9.73 Å². The van der Waals surface area contributed by atoms with Crippen LogP contribution in [-0.2, 0) is 0 Å². The number of thioether (sulfide) groups is 1. The summed E-state index contributed by atoms with van der Waals surface area (Å²) < 4.78 is 5.43. The molecule has 12 heavy (non-hydrogen) atoms. The molecule has 2 N–H and O–H groups in total. The molecule has 66 valence electrons. The molecule has 1 atom stereocenters. The van der Waals surface area contributed by atoms with Crippen molar-refractivity contribution in [3.05, 3.63) is 5.89 Å². The summed E-state index contributed by atoms with van der Waals surface area (Å²) in [5, 5.41) is 10.8. The largest absolute Gasteiger partial charge is 0.410 e. The van der Waals surface area contributed by atoms with Crippen molar-refractivity contribution in [2.24, 2.45) is 0 Å². The lowest BCUT2D eigenvalue weighted by molar-refractivity contribution is -0.678. The predicted molar refractivity (Wildman–Crippen MR) is 44.8 cm³/mol. The number of hydrogen-bond acceptors (Lipinski definition) is 4. The molecule has 2 heterocycles. The normalized spacial score (nSPS) is 23.2. The molecule has 0 bridgehead atoms. The van der Waals surface area contributed by atoms with Gasteiger partial charge in [0.25, 0.3) is 11.1 Å². The lowest BCUT2D eigenvalue weighted by atomic mass is 10.2. The molecular weight excluding hydrogens is 174 g/mol. The molecule has 5 heteroatoms. The van der Waals surface area contributed by atoms with E-state index in [0.717, 1.165) is 12.3 Å². The van der Waals surface area contributed by atoms with Gasteiger partial charge in [0.15, 0.2) is 6.04 Å². The van der Waals surface area contributed by atoms with Crippen molar-refractivity contribution in [2.75, 3.05) is 12.8 Å². The summed E-state index contributed by atoms with van der Waals surface area (Å²) in [6.07, 6.45) is 4.35. The van der Waals surface area contributed by atoms with Gasteiger partial charge in [0.1, 0.15) is 0 Å². The number of nitrogens with two attached hydrogens (primary N) is 1. The Morgan fingerprint density at radius 1 is 1.58 bits per heavy atom. The van der Waals surface area contributed by atoms with E-state index in [1.807, 2.05) is 6.26 Å². The van der Waals surface area contributed by atoms with E-state index in [4.69, 9.17) is 4.42 Å². The van der Waals surface area contributed by atoms with Gasteiger partial charge in [0.2, 0.25) is 0 Å². The summed E-state index contributed by atoms with van der Waals surface area (Å²) in [5.74, 6) is 0.789. The van der Waals surface area contributed by atoms with Crippen molar-refractivity contribution in [3.63, 3.8) is 0 Å². The Labute approximate surface area is 75.1 Å². The maximum atomic E-state index is 5.43. The molecule has 0 saturated carbocycles. The third-order valence-electron chi connectivity index (χ3n) is 2.08. The number of rotatable bonds is 2. The summed E-state index contributed by atoms with van der Waals surface area (Å²) in [7, 11) is 0. The SMILES string of the molecule is CSc1nnc([C@H]2CCC[NH2+]2)o1. The first-order valence-corrected chi connectivity index (χ1v) is 5.33. The zero-order valence-electron chi connectivity index (χ0n) is 6.99. The van der Waals surface area contributed by atoms with Crippen LogP contribution in [0.1, 0.15) is 24.8 Å². The minimum absolute atomic E-state index is 0.415. The van der Waals surface area contributed by atoms with Crippen molar-refractivity contribution in [1.29, 1.82) is 0 Å². The Bertz CT molecular complexity index is 257. The molecular formula is C7H12N3OS+. The molecule has 0 unspecified atom stereocenters. The highest BCUT2D eigenvalue weighted by Crippen LogP contribution is 2.19. The van der Waals surface area contributed by atoms with Crippen LogP contribution < -0.4 is 5.32 Å². The average Bonchev–Trinajstić information content (AvgIpc) is 2.75. The van der Waals surface area contributed by atoms with Crippen molar-refractivity contribution in [3.8, 4) is 0 Å². The fourth-order valence-electron chi connectivity index (χ4n) is 1.45. The highest BCUT2D eigenvalue weighted by molar-refractivity contribution is 7.98. The first-order valence-electron chi connectivity index (χ1n) is 4.11. The standard InChI is InChI=1S/C7H11N3OS/c1-12-7-10-9-6(11-7)5-3-2-4-8-5/h5,8H,2-4H2,1H3/p+1/t5-/m1/s1. The van der Waals surface area contributed by atoms with Gasteiger partial charge >= 0.3 is 0 Å². The molecule has 4 nitrogen and oxygen atoms in total. The smallest absolute Gasteiger partial charge is 0.276 e. The highest BCUT2D eigenvalue weighted by Gasteiger charge is 2.25. The van der Waals surface area contributed by atoms with Crippen LogP contribution in [0.5, 0.6) is 0 Å². The van der Waals surface area contributed by atoms with Gasteiger partial charge in [0.05, 0.1) is 6.54 Å². The molecule has 1 aromatic heterocycles. The van der Waals surface area contributed by atoms with Gasteiger partial charge in [-0.3, -0.25) is 0 Å². The van der Waals surface area contributed by atoms with E-state index in [1.165, 1.54) is 24.7 Å². The monoisotopic (exact) mass is 186 g/mol. The van der Waals surface area contributed by atoms with Gasteiger partial charge in [0, 0.05) is 12.8 Å². The van der Waals surface area contributed by atoms with E-state index in [9.17, 15) is 0 Å². The van der Waals surface area contributed by atoms with Gasteiger partial charge in [-0.05, 0) is 6.26 Å². The molecule has 1 fully saturated rings. The first-order chi connectivity index (χ1) is 5.90. The van der Waals surface area contributed by atoms with Crippen LogP contribution in [0.15, 0.2) is 9.64 Å². The minimum Gasteiger partial charge on any atom is -0.410 e. The highest BCUT2D eigenvalue weighted by atomic mass is 32.2. The number of aromatic nitrogens is 2. The zero-order chi connectivity index (χ0) is 8.39. The second-order valence-electron chi connectivity index (χ2n) is 2.88. The number of hydrogen-bond donors (Lipinski definition) is 1. The summed E-state index contributed by atoms with van der Waals surface area (Å²) in [6, 6.07) is 0.415. The first kappa shape index (κ1) is 8.07. The van der Waals surface area contributed by atoms with Crippen molar-refractivity contribution in [1.82, 2.24) is 10.2 Å². The van der Waals surface area contributed by atoms with Crippen molar-refractivity contribution in [2.45, 2.75) is 24.1 Å². The van der Waals surface area contributed by atoms with Crippen molar-refractivity contribution < 1.29 is 9.73 Å². The molecule has 1 aromatic rings. The molecule has 1 aliphatic rings. The molecule has 0 aromatic carbocycles. The molecule has 1 saturated heterocycles. The summed E-state index contributed by atoms with van der Waals surface area (Å²) in [6.45, 7) is 1.18. The zero-order valence-corrected chi connectivity index (χ0v) is 7.80. The van der Waals surface area contributed by atoms with Gasteiger partial charge in [-0.2, -0.15) is 0 Å². The van der Waals surface area contributed by atoms with Crippen LogP contribution in [0.3, 0.4) is 0 Å². The van der Waals surface area contributed by atoms with E-state index in [1.54, 1.807) is 0 Å². The van der Waals surface area contributed by atoms with Gasteiger partial charge in [-0.15, -0.1) is 10.2 Å². The van der Waals surface area contributed by atoms with Crippen LogP contribution in [-0.4, -0.2) is 23.0 Å². The quantitative estimate of drug-likeness (QED) is 0.670. The Kier molecular flexibility index (Phi) is 2.32. The molecule has 0 aliphatic carbocycles. The lowest BCUT2D eigenvalue weighted by Crippen LogP contribution is -2.81. The Morgan fingerprint density at radius 2 is 2.50 bits per heavy atom. The summed E-state index contributed by atoms with van der Waals surface area (Å²) in [5.41, 5.74) is 0. The summed E-state index contributed by atoms with van der Waals surface area (Å²) in [4.78, 5) is 0. The molecule has 0 amide bonds. The Hall–Kier alpha value is -0.550. The maximum Gasteiger partial charge on any atom is 0.276 e. The number of quaternary nitrogens is 1. The van der Waals surface area contributed by atoms with Crippen LogP contribution in [0.4, 0.5) is 0 Å². The average molecular weight is 186 g/mol. The van der Waals surface area contributed by atoms with E-state index < -0.39 is 0 Å². The van der Waals surface area contributed by atoms with E-state index >= 15 is 0 Å². The second kappa shape index (κ2) is 3.45. The fourth-order valence-corrected chi connectivity index (χ4v) is 1.74. The minimum atomic E-state index is 0.415. The lowest BCUT2D eigenvalue weighted by Gasteiger charge is -1.98. The topological polar surface area (TPSA) is 55.5 Å². The van der Waals surface area contributed by atoms with Gasteiger partial charge in [-0.1, -0.05) is 11.8 Å². The molecule has 0 radical (unpaired) electrons. The van der Waals surface area contributed by atoms with E-state index in [0.29, 0.717) is 11.3 Å². The van der Waals surface area contributed by atoms with E-state index in [2.05, 4.69) is 15.5 Å². The Balaban J connectivity index is 2.11. The van der Waals surface area contributed by atoms with Crippen LogP contribution in [0.25, 0.3) is 0 Å². The number of nitrogens with zero attached hydrogens (tertiary/aromatic N) is 2. The summed E-state index contributed by atoms with van der Waals surface area (Å²) >= 11 is 1.49. The van der Waals surface area contributed by atoms with Crippen LogP contribution in [0.2, 0.25) is 0 Å². The third-order valence-corrected chi connectivity index (χ3v) is 2.60. The predicted octanol–water partition coefficient (Wildman–Crippen LogP) is 0.190. The van der Waals surface area contributed by atoms with Crippen molar-refractivity contribution >= 4 is 11.8 Å². The fraction of sp³-hybridized carbons (Fsp3) is 0.714. The third kappa shape index (κ3) is 1.47. The second-order valence-corrected chi connectivity index (χ2v) is 3.64. The van der Waals surface area contributed by atoms with E-state index in [-0.39, 0.29) is 0 Å². The maximum absolute atomic E-state index is 5.43. The molecule has 0 spiro atoms. The molecule has 2 rings (SSSR count). The van der Waals surface area contributed by atoms with Gasteiger partial charge in [-0.25, -0.2) is 0 Å². The Morgan fingerprint density at radius 3 is 3.08 bits per heavy atom. The van der Waals surface area contributed by atoms with Crippen LogP contribution in [0, 0.1) is 0 Å². The molecule has 1 aliphatic heterocycles. The van der Waals surface area contributed by atoms with Crippen LogP contribution >= 0.6 is 11.8 Å².